The Morgan fingerprint density at radius 3 is 1.72 bits per heavy atom. The molecule has 3 heteroatoms. The number of unbranched alkanes of at least 4 members (excludes halogenated alkanes) is 1. The van der Waals surface area contributed by atoms with E-state index in [2.05, 4.69) is 103 Å². The molecule has 0 aliphatic carbocycles. The van der Waals surface area contributed by atoms with E-state index in [1.54, 1.807) is 0 Å². The molecule has 4 aromatic rings. The Kier molecular flexibility index (Phi) is 6.76. The fraction of sp³-hybridized carbons (Fsp3) is 0.138. The van der Waals surface area contributed by atoms with Crippen LogP contribution in [-0.4, -0.2) is 0 Å². The van der Waals surface area contributed by atoms with Crippen LogP contribution in [-0.2, 0) is 12.6 Å². The van der Waals surface area contributed by atoms with E-state index in [0.29, 0.717) is 6.42 Å². The first-order valence-corrected chi connectivity index (χ1v) is 14.3. The molecule has 0 bridgehead atoms. The molecule has 4 rings (SSSR count). The van der Waals surface area contributed by atoms with Gasteiger partial charge in [0.25, 0.3) is 0 Å². The van der Waals surface area contributed by atoms with Gasteiger partial charge in [0.1, 0.15) is 0 Å². The zero-order valence-electron chi connectivity index (χ0n) is 18.1. The fourth-order valence-electron chi connectivity index (χ4n) is 4.63. The van der Waals surface area contributed by atoms with E-state index in [4.69, 9.17) is 16.5 Å². The molecular formula is C29H27ClNP. The monoisotopic (exact) mass is 455 g/mol. The van der Waals surface area contributed by atoms with Gasteiger partial charge in [-0.3, -0.25) is 0 Å². The summed E-state index contributed by atoms with van der Waals surface area (Å²) < 4.78 is 0. The summed E-state index contributed by atoms with van der Waals surface area (Å²) in [4.78, 5) is 0. The Labute approximate surface area is 196 Å². The third kappa shape index (κ3) is 4.10. The first kappa shape index (κ1) is 22.3. The van der Waals surface area contributed by atoms with Crippen molar-refractivity contribution in [2.75, 3.05) is 0 Å². The summed E-state index contributed by atoms with van der Waals surface area (Å²) in [6.45, 7) is 0. The molecule has 0 aliphatic rings. The van der Waals surface area contributed by atoms with Gasteiger partial charge in [0.05, 0.1) is 0 Å². The molecule has 0 saturated carbocycles. The normalized spacial score (nSPS) is 12.4. The van der Waals surface area contributed by atoms with Gasteiger partial charge in [0, 0.05) is 0 Å². The molecule has 0 fully saturated rings. The first-order valence-electron chi connectivity index (χ1n) is 11.0. The molecule has 0 aliphatic heterocycles. The van der Waals surface area contributed by atoms with Gasteiger partial charge < -0.3 is 0 Å². The van der Waals surface area contributed by atoms with Crippen molar-refractivity contribution in [3.63, 3.8) is 0 Å². The zero-order chi connectivity index (χ0) is 22.3. The third-order valence-electron chi connectivity index (χ3n) is 6.14. The van der Waals surface area contributed by atoms with Crippen LogP contribution >= 0.6 is 17.2 Å². The molecule has 1 nitrogen and oxygen atoms in total. The van der Waals surface area contributed by atoms with Gasteiger partial charge in [-0.2, -0.15) is 0 Å². The molecule has 0 N–H and O–H groups in total. The van der Waals surface area contributed by atoms with Crippen LogP contribution in [0.1, 0.15) is 24.0 Å². The number of aryl methyl sites for hydroxylation is 1. The molecule has 0 atom stereocenters. The summed E-state index contributed by atoms with van der Waals surface area (Å²) in [5.41, 5.74) is 2.46. The van der Waals surface area contributed by atoms with E-state index in [9.17, 15) is 0 Å². The molecular weight excluding hydrogens is 429 g/mol. The maximum absolute atomic E-state index is 9.11. The first-order chi connectivity index (χ1) is 15.7. The van der Waals surface area contributed by atoms with Gasteiger partial charge in [-0.25, -0.2) is 0 Å². The van der Waals surface area contributed by atoms with E-state index in [1.807, 2.05) is 18.2 Å². The SMILES string of the molecule is N#CCCCc1ccccc1P(Cl)(Cc1ccccc1)(c1ccccc1)c1ccccc1. The molecule has 0 amide bonds. The Morgan fingerprint density at radius 1 is 0.656 bits per heavy atom. The zero-order valence-corrected chi connectivity index (χ0v) is 19.7. The van der Waals surface area contributed by atoms with Gasteiger partial charge in [0.15, 0.2) is 0 Å². The molecule has 4 aromatic carbocycles. The van der Waals surface area contributed by atoms with Crippen molar-refractivity contribution in [3.05, 3.63) is 126 Å². The Balaban J connectivity index is 2.06. The standard InChI is InChI=1S/C29H27ClNP/c30-32(27-18-6-2-7-19-27,28-20-8-3-9-21-28,24-25-14-4-1-5-15-25)29-22-11-10-16-26(29)17-12-13-23-31/h1-11,14-16,18-22H,12-13,17,24H2. The van der Waals surface area contributed by atoms with Gasteiger partial charge in [-0.15, -0.1) is 0 Å². The van der Waals surface area contributed by atoms with Crippen molar-refractivity contribution in [1.82, 2.24) is 0 Å². The second kappa shape index (κ2) is 9.70. The van der Waals surface area contributed by atoms with Gasteiger partial charge in [0.2, 0.25) is 0 Å². The van der Waals surface area contributed by atoms with Crippen LogP contribution in [0, 0.1) is 11.3 Å². The van der Waals surface area contributed by atoms with Crippen molar-refractivity contribution in [2.24, 2.45) is 0 Å². The predicted octanol–water partition coefficient (Wildman–Crippen LogP) is 6.72. The van der Waals surface area contributed by atoms with E-state index in [0.717, 1.165) is 19.0 Å². The van der Waals surface area contributed by atoms with Gasteiger partial charge >= 0.3 is 196 Å². The summed E-state index contributed by atoms with van der Waals surface area (Å²) in [7, 11) is 0. The second-order valence-electron chi connectivity index (χ2n) is 8.14. The molecule has 0 radical (unpaired) electrons. The average Bonchev–Trinajstić information content (AvgIpc) is 2.86. The van der Waals surface area contributed by atoms with Crippen LogP contribution in [0.15, 0.2) is 115 Å². The summed E-state index contributed by atoms with van der Waals surface area (Å²) >= 11 is 8.29. The average molecular weight is 456 g/mol. The number of nitriles is 1. The minimum absolute atomic E-state index is 0.544. The van der Waals surface area contributed by atoms with Crippen molar-refractivity contribution >= 4 is 33.1 Å². The van der Waals surface area contributed by atoms with Crippen LogP contribution < -0.4 is 15.9 Å². The van der Waals surface area contributed by atoms with Crippen LogP contribution in [0.5, 0.6) is 0 Å². The molecule has 0 spiro atoms. The van der Waals surface area contributed by atoms with Gasteiger partial charge in [-0.1, -0.05) is 0 Å². The Morgan fingerprint density at radius 2 is 1.16 bits per heavy atom. The number of hydrogen-bond acceptors (Lipinski definition) is 1. The Hall–Kier alpha value is -2.91. The van der Waals surface area contributed by atoms with E-state index < -0.39 is 5.96 Å². The number of nitrogens with zero attached hydrogens (tertiary/aromatic N) is 1. The molecule has 0 unspecified atom stereocenters. The number of rotatable bonds is 8. The van der Waals surface area contributed by atoms with Crippen molar-refractivity contribution in [2.45, 2.75) is 25.4 Å². The summed E-state index contributed by atoms with van der Waals surface area (Å²) in [5, 5.41) is 12.7. The maximum atomic E-state index is 9.11. The second-order valence-corrected chi connectivity index (χ2v) is 14.6. The van der Waals surface area contributed by atoms with Crippen LogP contribution in [0.3, 0.4) is 0 Å². The van der Waals surface area contributed by atoms with Crippen molar-refractivity contribution in [1.29, 1.82) is 5.26 Å². The van der Waals surface area contributed by atoms with E-state index in [1.165, 1.54) is 27.0 Å². The van der Waals surface area contributed by atoms with Crippen LogP contribution in [0.2, 0.25) is 0 Å². The molecule has 0 heterocycles. The van der Waals surface area contributed by atoms with Crippen molar-refractivity contribution in [3.8, 4) is 6.07 Å². The quantitative estimate of drug-likeness (QED) is 0.214. The third-order valence-corrected chi connectivity index (χ3v) is 13.4. The molecule has 32 heavy (non-hydrogen) atoms. The fourth-order valence-corrected chi connectivity index (χ4v) is 11.3. The number of hydrogen-bond donors (Lipinski definition) is 0. The topological polar surface area (TPSA) is 23.8 Å². The van der Waals surface area contributed by atoms with E-state index in [-0.39, 0.29) is 0 Å². The van der Waals surface area contributed by atoms with E-state index >= 15 is 0 Å². The van der Waals surface area contributed by atoms with Gasteiger partial charge in [-0.05, 0) is 0 Å². The Bertz CT molecular complexity index is 1160. The summed E-state index contributed by atoms with van der Waals surface area (Å²) in [6.07, 6.45) is 2.94. The predicted molar refractivity (Wildman–Crippen MR) is 140 cm³/mol. The van der Waals surface area contributed by atoms with Crippen LogP contribution in [0.25, 0.3) is 0 Å². The van der Waals surface area contributed by atoms with Crippen LogP contribution in [0.4, 0.5) is 0 Å². The number of halogens is 1. The summed E-state index contributed by atoms with van der Waals surface area (Å²) in [5.74, 6) is -3.40. The number of benzene rings is 4. The minimum atomic E-state index is -3.40. The summed E-state index contributed by atoms with van der Waals surface area (Å²) in [6, 6.07) is 42.7. The van der Waals surface area contributed by atoms with Crippen molar-refractivity contribution < 1.29 is 0 Å². The molecule has 160 valence electrons. The molecule has 0 saturated heterocycles. The molecule has 0 aromatic heterocycles.